The van der Waals surface area contributed by atoms with Crippen LogP contribution in [0.25, 0.3) is 0 Å². The van der Waals surface area contributed by atoms with Crippen molar-refractivity contribution >= 4 is 17.6 Å². The summed E-state index contributed by atoms with van der Waals surface area (Å²) in [6.45, 7) is -2.39. The summed E-state index contributed by atoms with van der Waals surface area (Å²) in [6.07, 6.45) is -4.92. The molecule has 0 saturated carbocycles. The molecule has 2 atom stereocenters. The number of carbonyl (C=O) groups is 2. The van der Waals surface area contributed by atoms with E-state index in [1.54, 1.807) is 0 Å². The van der Waals surface area contributed by atoms with Crippen LogP contribution in [0.5, 0.6) is 11.5 Å². The molecule has 0 aliphatic carbocycles. The van der Waals surface area contributed by atoms with E-state index < -0.39 is 71.7 Å². The van der Waals surface area contributed by atoms with E-state index in [1.807, 2.05) is 0 Å². The molecule has 212 valence electrons. The van der Waals surface area contributed by atoms with Gasteiger partial charge in [0.2, 0.25) is 0 Å². The van der Waals surface area contributed by atoms with Gasteiger partial charge in [0.05, 0.1) is 12.7 Å². The van der Waals surface area contributed by atoms with Crippen molar-refractivity contribution < 1.29 is 49.8 Å². The second-order valence-corrected chi connectivity index (χ2v) is 8.74. The summed E-state index contributed by atoms with van der Waals surface area (Å²) in [5.74, 6) is -7.11. The Morgan fingerprint density at radius 2 is 1.68 bits per heavy atom. The number of amides is 2. The summed E-state index contributed by atoms with van der Waals surface area (Å²) < 4.78 is 105. The Morgan fingerprint density at radius 1 is 1.05 bits per heavy atom. The first-order valence-corrected chi connectivity index (χ1v) is 11.5. The number of nitrogens with zero attached hydrogens (tertiary/aromatic N) is 2. The quantitative estimate of drug-likeness (QED) is 0.393. The third-order valence-corrected chi connectivity index (χ3v) is 6.18. The van der Waals surface area contributed by atoms with E-state index in [4.69, 9.17) is 4.74 Å². The summed E-state index contributed by atoms with van der Waals surface area (Å²) in [5.41, 5.74) is -1.94. The molecule has 3 aromatic rings. The van der Waals surface area contributed by atoms with Gasteiger partial charge in [-0.15, -0.1) is 0 Å². The molecule has 0 bridgehead atoms. The van der Waals surface area contributed by atoms with E-state index in [0.717, 1.165) is 55.6 Å². The van der Waals surface area contributed by atoms with Crippen molar-refractivity contribution in [3.05, 3.63) is 82.5 Å². The lowest BCUT2D eigenvalue weighted by Crippen LogP contribution is -2.44. The second-order valence-electron chi connectivity index (χ2n) is 8.74. The molecule has 7 nitrogen and oxygen atoms in total. The largest absolute Gasteiger partial charge is 0.497 e. The van der Waals surface area contributed by atoms with Crippen molar-refractivity contribution in [2.24, 2.45) is 0 Å². The van der Waals surface area contributed by atoms with Crippen LogP contribution in [0.4, 0.5) is 36.6 Å². The van der Waals surface area contributed by atoms with Crippen molar-refractivity contribution in [3.63, 3.8) is 0 Å². The maximum absolute atomic E-state index is 15.1. The molecule has 0 unspecified atom stereocenters. The average molecular weight is 571 g/mol. The zero-order valence-electron chi connectivity index (χ0n) is 20.7. The van der Waals surface area contributed by atoms with Gasteiger partial charge < -0.3 is 14.8 Å². The van der Waals surface area contributed by atoms with Gasteiger partial charge in [0.15, 0.2) is 0 Å². The Kier molecular flexibility index (Phi) is 7.89. The normalized spacial score (nSPS) is 17.4. The van der Waals surface area contributed by atoms with E-state index in [1.165, 1.54) is 6.92 Å². The minimum Gasteiger partial charge on any atom is -0.497 e. The Hall–Kier alpha value is -4.36. The molecule has 0 spiro atoms. The fourth-order valence-corrected chi connectivity index (χ4v) is 4.36. The minimum atomic E-state index is -4.92. The molecule has 1 N–H and O–H groups in total. The summed E-state index contributed by atoms with van der Waals surface area (Å²) in [7, 11) is 1.16. The van der Waals surface area contributed by atoms with Crippen LogP contribution < -0.4 is 19.7 Å². The Balaban J connectivity index is 1.76. The lowest BCUT2D eigenvalue weighted by atomic mass is 9.92. The Bertz CT molecular complexity index is 1410. The summed E-state index contributed by atoms with van der Waals surface area (Å²) >= 11 is 0. The van der Waals surface area contributed by atoms with Gasteiger partial charge in [-0.3, -0.25) is 14.5 Å². The van der Waals surface area contributed by atoms with Crippen molar-refractivity contribution in [1.82, 2.24) is 10.3 Å². The topological polar surface area (TPSA) is 80.8 Å². The standard InChI is InChI=1S/C26H20F7N3O4/c1-12-3-8-17(26(31,32)33)22(34-12)36-11-16(20-18(27)9-15(39-2)10-19(20)28)21(24(36)38)35-23(37)13-4-6-14(7-5-13)40-25(29)30/h3-10,16,21,25H,11H2,1-2H3,(H,35,37)/t16-,21-/m0/s1. The third-order valence-electron chi connectivity index (χ3n) is 6.18. The van der Waals surface area contributed by atoms with E-state index >= 15 is 8.78 Å². The molecule has 1 fully saturated rings. The fourth-order valence-electron chi connectivity index (χ4n) is 4.36. The second kappa shape index (κ2) is 11.0. The number of methoxy groups -OCH3 is 1. The third kappa shape index (κ3) is 5.80. The number of ether oxygens (including phenoxy) is 2. The first kappa shape index (κ1) is 28.6. The molecule has 1 aliphatic rings. The lowest BCUT2D eigenvalue weighted by molar-refractivity contribution is -0.137. The van der Waals surface area contributed by atoms with E-state index in [9.17, 15) is 31.5 Å². The van der Waals surface area contributed by atoms with Crippen LogP contribution >= 0.6 is 0 Å². The van der Waals surface area contributed by atoms with Crippen LogP contribution in [0.2, 0.25) is 0 Å². The fraction of sp³-hybridized carbons (Fsp3) is 0.269. The van der Waals surface area contributed by atoms with Crippen LogP contribution in [-0.2, 0) is 11.0 Å². The molecule has 1 aromatic heterocycles. The van der Waals surface area contributed by atoms with Crippen LogP contribution in [0.1, 0.15) is 33.1 Å². The number of hydrogen-bond acceptors (Lipinski definition) is 5. The predicted molar refractivity (Wildman–Crippen MR) is 126 cm³/mol. The number of benzene rings is 2. The minimum absolute atomic E-state index is 0.132. The van der Waals surface area contributed by atoms with Crippen molar-refractivity contribution in [3.8, 4) is 11.5 Å². The Labute approximate surface area is 222 Å². The monoisotopic (exact) mass is 571 g/mol. The molecule has 0 radical (unpaired) electrons. The number of hydrogen-bond donors (Lipinski definition) is 1. The summed E-state index contributed by atoms with van der Waals surface area (Å²) in [4.78, 5) is 31.0. The highest BCUT2D eigenvalue weighted by atomic mass is 19.4. The highest BCUT2D eigenvalue weighted by Crippen LogP contribution is 2.41. The Morgan fingerprint density at radius 3 is 2.23 bits per heavy atom. The maximum Gasteiger partial charge on any atom is 0.419 e. The van der Waals surface area contributed by atoms with Crippen LogP contribution in [0.3, 0.4) is 0 Å². The van der Waals surface area contributed by atoms with Gasteiger partial charge in [0.25, 0.3) is 11.8 Å². The first-order valence-electron chi connectivity index (χ1n) is 11.5. The van der Waals surface area contributed by atoms with E-state index in [0.29, 0.717) is 4.90 Å². The smallest absolute Gasteiger partial charge is 0.419 e. The van der Waals surface area contributed by atoms with Crippen molar-refractivity contribution in [2.45, 2.75) is 31.7 Å². The molecule has 4 rings (SSSR count). The van der Waals surface area contributed by atoms with Gasteiger partial charge in [-0.25, -0.2) is 13.8 Å². The van der Waals surface area contributed by atoms with E-state index in [-0.39, 0.29) is 22.8 Å². The maximum atomic E-state index is 15.1. The van der Waals surface area contributed by atoms with E-state index in [2.05, 4.69) is 15.0 Å². The molecule has 14 heteroatoms. The number of alkyl halides is 5. The van der Waals surface area contributed by atoms with Crippen molar-refractivity contribution in [1.29, 1.82) is 0 Å². The highest BCUT2D eigenvalue weighted by molar-refractivity contribution is 6.05. The number of aryl methyl sites for hydroxylation is 1. The number of halogens is 7. The number of pyridine rings is 1. The summed E-state index contributed by atoms with van der Waals surface area (Å²) in [5, 5.41) is 2.32. The zero-order valence-corrected chi connectivity index (χ0v) is 20.7. The van der Waals surface area contributed by atoms with Gasteiger partial charge in [-0.2, -0.15) is 22.0 Å². The molecule has 2 heterocycles. The average Bonchev–Trinajstić information content (AvgIpc) is 3.18. The molecule has 1 aliphatic heterocycles. The van der Waals surface area contributed by atoms with Gasteiger partial charge in [-0.05, 0) is 43.3 Å². The SMILES string of the molecule is COc1cc(F)c([C@@H]2CN(c3nc(C)ccc3C(F)(F)F)C(=O)[C@H]2NC(=O)c2ccc(OC(F)F)cc2)c(F)c1. The number of rotatable bonds is 7. The molecule has 40 heavy (non-hydrogen) atoms. The van der Waals surface area contributed by atoms with Crippen LogP contribution in [0.15, 0.2) is 48.5 Å². The van der Waals surface area contributed by atoms with Gasteiger partial charge in [0, 0.05) is 41.4 Å². The molecular formula is C26H20F7N3O4. The molecule has 1 saturated heterocycles. The molecular weight excluding hydrogens is 551 g/mol. The zero-order chi connectivity index (χ0) is 29.4. The predicted octanol–water partition coefficient (Wildman–Crippen LogP) is 5.23. The summed E-state index contributed by atoms with van der Waals surface area (Å²) in [6, 6.07) is 6.04. The molecule has 2 amide bonds. The van der Waals surface area contributed by atoms with Gasteiger partial charge in [-0.1, -0.05) is 0 Å². The van der Waals surface area contributed by atoms with Crippen LogP contribution in [0, 0.1) is 18.6 Å². The molecule has 2 aromatic carbocycles. The number of anilines is 1. The van der Waals surface area contributed by atoms with Crippen molar-refractivity contribution in [2.75, 3.05) is 18.6 Å². The van der Waals surface area contributed by atoms with Gasteiger partial charge >= 0.3 is 12.8 Å². The van der Waals surface area contributed by atoms with Crippen LogP contribution in [-0.4, -0.2) is 43.1 Å². The highest BCUT2D eigenvalue weighted by Gasteiger charge is 2.48. The number of nitrogens with one attached hydrogen (secondary N) is 1. The number of aromatic nitrogens is 1. The first-order chi connectivity index (χ1) is 18.8. The number of carbonyl (C=O) groups excluding carboxylic acids is 2. The lowest BCUT2D eigenvalue weighted by Gasteiger charge is -2.21. The van der Waals surface area contributed by atoms with Gasteiger partial charge in [0.1, 0.15) is 35.0 Å².